The number of ether oxygens (including phenoxy) is 1. The van der Waals surface area contributed by atoms with Gasteiger partial charge >= 0.3 is 0 Å². The van der Waals surface area contributed by atoms with Crippen molar-refractivity contribution in [3.05, 3.63) is 0 Å². The van der Waals surface area contributed by atoms with Gasteiger partial charge in [0.1, 0.15) is 6.10 Å². The van der Waals surface area contributed by atoms with Crippen molar-refractivity contribution in [2.75, 3.05) is 45.2 Å². The maximum atomic E-state index is 12.1. The highest BCUT2D eigenvalue weighted by molar-refractivity contribution is 6.18. The molecule has 0 aliphatic carbocycles. The minimum absolute atomic E-state index is 0.130. The minimum atomic E-state index is -0.480. The number of carbonyl (C=O) groups is 1. The van der Waals surface area contributed by atoms with E-state index in [1.54, 1.807) is 0 Å². The largest absolute Gasteiger partial charge is 0.391 e. The summed E-state index contributed by atoms with van der Waals surface area (Å²) in [6.45, 7) is 4.32. The van der Waals surface area contributed by atoms with Gasteiger partial charge in [0, 0.05) is 45.2 Å². The molecule has 5 nitrogen and oxygen atoms in total. The number of aliphatic hydroxyl groups excluding tert-OH is 1. The van der Waals surface area contributed by atoms with Gasteiger partial charge in [-0.3, -0.25) is 9.69 Å². The Kier molecular flexibility index (Phi) is 5.24. The molecule has 1 N–H and O–H groups in total. The van der Waals surface area contributed by atoms with E-state index in [0.29, 0.717) is 26.2 Å². The number of carbonyl (C=O) groups excluding carboxylic acids is 1. The molecule has 104 valence electrons. The highest BCUT2D eigenvalue weighted by Gasteiger charge is 2.30. The summed E-state index contributed by atoms with van der Waals surface area (Å²) < 4.78 is 5.41. The van der Waals surface area contributed by atoms with Crippen molar-refractivity contribution in [3.63, 3.8) is 0 Å². The van der Waals surface area contributed by atoms with Crippen molar-refractivity contribution in [2.24, 2.45) is 0 Å². The lowest BCUT2D eigenvalue weighted by atomic mass is 10.2. The summed E-state index contributed by atoms with van der Waals surface area (Å²) in [7, 11) is 0. The molecule has 2 atom stereocenters. The fourth-order valence-electron chi connectivity index (χ4n) is 2.47. The van der Waals surface area contributed by atoms with Crippen LogP contribution in [0.2, 0.25) is 0 Å². The zero-order valence-corrected chi connectivity index (χ0v) is 11.3. The first-order valence-corrected chi connectivity index (χ1v) is 7.11. The average Bonchev–Trinajstić information content (AvgIpc) is 2.92. The summed E-state index contributed by atoms with van der Waals surface area (Å²) in [5.74, 6) is 0.389. The predicted molar refractivity (Wildman–Crippen MR) is 68.7 cm³/mol. The molecule has 0 aromatic heterocycles. The van der Waals surface area contributed by atoms with E-state index in [1.807, 2.05) is 4.90 Å². The van der Waals surface area contributed by atoms with Crippen LogP contribution in [0.15, 0.2) is 0 Å². The molecular weight excluding hydrogens is 256 g/mol. The molecule has 2 heterocycles. The highest BCUT2D eigenvalue weighted by atomic mass is 35.5. The molecule has 0 saturated carbocycles. The van der Waals surface area contributed by atoms with Crippen LogP contribution in [0.25, 0.3) is 0 Å². The van der Waals surface area contributed by atoms with Gasteiger partial charge in [-0.15, -0.1) is 11.6 Å². The van der Waals surface area contributed by atoms with Gasteiger partial charge in [-0.25, -0.2) is 0 Å². The number of nitrogens with zero attached hydrogens (tertiary/aromatic N) is 2. The number of halogens is 1. The molecule has 0 aromatic rings. The third-order valence-corrected chi connectivity index (χ3v) is 3.89. The van der Waals surface area contributed by atoms with E-state index in [0.717, 1.165) is 25.9 Å². The normalized spacial score (nSPS) is 27.4. The Morgan fingerprint density at radius 3 is 2.67 bits per heavy atom. The van der Waals surface area contributed by atoms with Gasteiger partial charge in [-0.2, -0.15) is 0 Å². The summed E-state index contributed by atoms with van der Waals surface area (Å²) in [5, 5.41) is 9.48. The zero-order chi connectivity index (χ0) is 13.0. The van der Waals surface area contributed by atoms with E-state index in [4.69, 9.17) is 16.3 Å². The lowest BCUT2D eigenvalue weighted by Crippen LogP contribution is -2.52. The fraction of sp³-hybridized carbons (Fsp3) is 0.917. The Morgan fingerprint density at radius 1 is 1.39 bits per heavy atom. The third kappa shape index (κ3) is 3.57. The summed E-state index contributed by atoms with van der Waals surface area (Å²) in [4.78, 5) is 16.1. The Balaban J connectivity index is 1.74. The number of alkyl halides is 1. The summed E-state index contributed by atoms with van der Waals surface area (Å²) in [6.07, 6.45) is 1.14. The molecule has 0 bridgehead atoms. The molecule has 18 heavy (non-hydrogen) atoms. The first-order chi connectivity index (χ1) is 8.70. The molecule has 2 fully saturated rings. The van der Waals surface area contributed by atoms with Crippen LogP contribution < -0.4 is 0 Å². The standard InChI is InChI=1S/C12H21ClN2O3/c13-8-10(16)9-14-3-5-15(6-4-14)12(17)11-2-1-7-18-11/h10-11,16H,1-9H2/t10-,11-/m1/s1. The van der Waals surface area contributed by atoms with Gasteiger partial charge in [0.25, 0.3) is 5.91 Å². The van der Waals surface area contributed by atoms with Crippen LogP contribution in [0.3, 0.4) is 0 Å². The van der Waals surface area contributed by atoms with E-state index < -0.39 is 6.10 Å². The van der Waals surface area contributed by atoms with Crippen molar-refractivity contribution >= 4 is 17.5 Å². The zero-order valence-electron chi connectivity index (χ0n) is 10.6. The van der Waals surface area contributed by atoms with Crippen molar-refractivity contribution in [1.82, 2.24) is 9.80 Å². The molecule has 0 spiro atoms. The molecule has 2 aliphatic heterocycles. The van der Waals surface area contributed by atoms with Crippen molar-refractivity contribution < 1.29 is 14.6 Å². The van der Waals surface area contributed by atoms with Gasteiger partial charge in [0.2, 0.25) is 0 Å². The second-order valence-electron chi connectivity index (χ2n) is 4.94. The lowest BCUT2D eigenvalue weighted by molar-refractivity contribution is -0.142. The average molecular weight is 277 g/mol. The first kappa shape index (κ1) is 14.1. The molecule has 1 amide bonds. The predicted octanol–water partition coefficient (Wildman–Crippen LogP) is -0.0907. The van der Waals surface area contributed by atoms with Crippen molar-refractivity contribution in [3.8, 4) is 0 Å². The van der Waals surface area contributed by atoms with E-state index in [2.05, 4.69) is 4.90 Å². The lowest BCUT2D eigenvalue weighted by Gasteiger charge is -2.36. The number of hydrogen-bond donors (Lipinski definition) is 1. The summed E-state index contributed by atoms with van der Waals surface area (Å²) in [6, 6.07) is 0. The van der Waals surface area contributed by atoms with E-state index in [9.17, 15) is 9.90 Å². The number of β-amino-alcohol motifs (C(OH)–C–C–N with tert-alkyl or cyclic N) is 1. The van der Waals surface area contributed by atoms with E-state index in [-0.39, 0.29) is 17.9 Å². The smallest absolute Gasteiger partial charge is 0.251 e. The van der Waals surface area contributed by atoms with Crippen LogP contribution in [-0.2, 0) is 9.53 Å². The number of rotatable bonds is 4. The number of hydrogen-bond acceptors (Lipinski definition) is 4. The number of amides is 1. The summed E-state index contributed by atoms with van der Waals surface area (Å²) >= 11 is 5.58. The molecule has 0 radical (unpaired) electrons. The Bertz CT molecular complexity index is 276. The van der Waals surface area contributed by atoms with E-state index in [1.165, 1.54) is 0 Å². The van der Waals surface area contributed by atoms with Gasteiger partial charge in [0.15, 0.2) is 0 Å². The SMILES string of the molecule is O=C([C@H]1CCCO1)N1CCN(C[C@H](O)CCl)CC1. The van der Waals surface area contributed by atoms with Crippen LogP contribution in [0.1, 0.15) is 12.8 Å². The maximum absolute atomic E-state index is 12.1. The topological polar surface area (TPSA) is 53.0 Å². The molecule has 2 saturated heterocycles. The second kappa shape index (κ2) is 6.70. The van der Waals surface area contributed by atoms with Crippen LogP contribution in [-0.4, -0.2) is 78.2 Å². The first-order valence-electron chi connectivity index (χ1n) is 6.57. The molecular formula is C12H21ClN2O3. The van der Waals surface area contributed by atoms with Crippen LogP contribution in [0.5, 0.6) is 0 Å². The van der Waals surface area contributed by atoms with Gasteiger partial charge in [0.05, 0.1) is 6.10 Å². The minimum Gasteiger partial charge on any atom is -0.391 e. The van der Waals surface area contributed by atoms with Crippen molar-refractivity contribution in [1.29, 1.82) is 0 Å². The van der Waals surface area contributed by atoms with Gasteiger partial charge in [-0.1, -0.05) is 0 Å². The highest BCUT2D eigenvalue weighted by Crippen LogP contribution is 2.16. The monoisotopic (exact) mass is 276 g/mol. The Hall–Kier alpha value is -0.360. The van der Waals surface area contributed by atoms with Crippen molar-refractivity contribution in [2.45, 2.75) is 25.0 Å². The Morgan fingerprint density at radius 2 is 2.11 bits per heavy atom. The molecule has 2 rings (SSSR count). The number of aliphatic hydroxyl groups is 1. The second-order valence-corrected chi connectivity index (χ2v) is 5.24. The van der Waals surface area contributed by atoms with Crippen LogP contribution in [0.4, 0.5) is 0 Å². The van der Waals surface area contributed by atoms with Gasteiger partial charge in [-0.05, 0) is 12.8 Å². The fourth-order valence-corrected chi connectivity index (χ4v) is 2.57. The number of piperazine rings is 1. The maximum Gasteiger partial charge on any atom is 0.251 e. The summed E-state index contributed by atoms with van der Waals surface area (Å²) in [5.41, 5.74) is 0. The molecule has 0 aromatic carbocycles. The van der Waals surface area contributed by atoms with Crippen LogP contribution in [0, 0.1) is 0 Å². The quantitative estimate of drug-likeness (QED) is 0.729. The van der Waals surface area contributed by atoms with E-state index >= 15 is 0 Å². The third-order valence-electron chi connectivity index (χ3n) is 3.54. The molecule has 2 aliphatic rings. The molecule has 6 heteroatoms. The molecule has 0 unspecified atom stereocenters. The van der Waals surface area contributed by atoms with Crippen LogP contribution >= 0.6 is 11.6 Å². The van der Waals surface area contributed by atoms with Gasteiger partial charge < -0.3 is 14.7 Å². The Labute approximate surface area is 113 Å².